The van der Waals surface area contributed by atoms with Crippen molar-refractivity contribution in [3.8, 4) is 0 Å². The van der Waals surface area contributed by atoms with Crippen molar-refractivity contribution in [1.29, 1.82) is 0 Å². The number of nitrogens with zero attached hydrogens (tertiary/aromatic N) is 3. The average Bonchev–Trinajstić information content (AvgIpc) is 3.36. The fourth-order valence-corrected chi connectivity index (χ4v) is 5.00. The minimum atomic E-state index is 0.372. The zero-order valence-corrected chi connectivity index (χ0v) is 15.1. The molecule has 2 aliphatic heterocycles. The Bertz CT molecular complexity index is 610. The third-order valence-corrected chi connectivity index (χ3v) is 6.50. The second-order valence-electron chi connectivity index (χ2n) is 7.08. The quantitative estimate of drug-likeness (QED) is 0.790. The Kier molecular flexibility index (Phi) is 5.30. The normalized spacial score (nSPS) is 23.1. The summed E-state index contributed by atoms with van der Waals surface area (Å²) in [5.74, 6) is 0.858. The van der Waals surface area contributed by atoms with E-state index in [0.29, 0.717) is 6.10 Å². The maximum Gasteiger partial charge on any atom is 0.0917 e. The largest absolute Gasteiger partial charge is 0.373 e. The Morgan fingerprint density at radius 2 is 2.12 bits per heavy atom. The van der Waals surface area contributed by atoms with Gasteiger partial charge in [0.2, 0.25) is 0 Å². The van der Waals surface area contributed by atoms with Gasteiger partial charge in [0.15, 0.2) is 0 Å². The molecule has 4 rings (SSSR count). The summed E-state index contributed by atoms with van der Waals surface area (Å²) in [5, 5.41) is 4.30. The van der Waals surface area contributed by atoms with Crippen LogP contribution in [0.15, 0.2) is 30.6 Å². The van der Waals surface area contributed by atoms with Crippen LogP contribution in [-0.4, -0.2) is 34.4 Å². The topological polar surface area (TPSA) is 30.3 Å². The van der Waals surface area contributed by atoms with Gasteiger partial charge in [-0.1, -0.05) is 0 Å². The van der Waals surface area contributed by atoms with Crippen molar-refractivity contribution < 1.29 is 4.74 Å². The minimum absolute atomic E-state index is 0.372. The molecule has 4 heterocycles. The standard InChI is InChI=1S/C19H27N3OS/c1-3-18(23-14-1)19-5-4-17(24-19)15-21-11-6-16(7-12-21)8-13-22-10-2-9-20-22/h2,4-5,9-10,16,18H,1,3,6-8,11-15H2. The molecule has 0 saturated carbocycles. The van der Waals surface area contributed by atoms with Crippen LogP contribution in [0.4, 0.5) is 0 Å². The molecule has 2 aromatic heterocycles. The van der Waals surface area contributed by atoms with E-state index in [1.54, 1.807) is 0 Å². The molecule has 4 nitrogen and oxygen atoms in total. The maximum atomic E-state index is 5.80. The maximum absolute atomic E-state index is 5.80. The average molecular weight is 346 g/mol. The fraction of sp³-hybridized carbons (Fsp3) is 0.632. The van der Waals surface area contributed by atoms with Gasteiger partial charge in [-0.2, -0.15) is 5.10 Å². The highest BCUT2D eigenvalue weighted by Gasteiger charge is 2.22. The smallest absolute Gasteiger partial charge is 0.0917 e. The number of hydrogen-bond donors (Lipinski definition) is 0. The highest BCUT2D eigenvalue weighted by atomic mass is 32.1. The molecule has 5 heteroatoms. The molecule has 0 aromatic carbocycles. The van der Waals surface area contributed by atoms with E-state index in [1.165, 1.54) is 54.9 Å². The van der Waals surface area contributed by atoms with Crippen LogP contribution >= 0.6 is 11.3 Å². The number of ether oxygens (including phenoxy) is 1. The van der Waals surface area contributed by atoms with Crippen molar-refractivity contribution >= 4 is 11.3 Å². The number of rotatable bonds is 6. The van der Waals surface area contributed by atoms with Gasteiger partial charge in [0.25, 0.3) is 0 Å². The zero-order chi connectivity index (χ0) is 16.2. The molecule has 2 aromatic rings. The van der Waals surface area contributed by atoms with E-state index >= 15 is 0 Å². The van der Waals surface area contributed by atoms with Gasteiger partial charge in [-0.15, -0.1) is 11.3 Å². The van der Waals surface area contributed by atoms with Crippen LogP contribution in [0.2, 0.25) is 0 Å². The van der Waals surface area contributed by atoms with Crippen LogP contribution in [0.3, 0.4) is 0 Å². The number of aromatic nitrogens is 2. The van der Waals surface area contributed by atoms with Gasteiger partial charge < -0.3 is 4.74 Å². The Balaban J connectivity index is 1.21. The molecule has 24 heavy (non-hydrogen) atoms. The van der Waals surface area contributed by atoms with Crippen LogP contribution in [0.5, 0.6) is 0 Å². The fourth-order valence-electron chi connectivity index (χ4n) is 3.86. The Morgan fingerprint density at radius 3 is 2.88 bits per heavy atom. The Labute approximate surface area is 148 Å². The van der Waals surface area contributed by atoms with Crippen LogP contribution in [0.25, 0.3) is 0 Å². The van der Waals surface area contributed by atoms with Crippen molar-refractivity contribution in [3.63, 3.8) is 0 Å². The summed E-state index contributed by atoms with van der Waals surface area (Å²) in [6.45, 7) is 5.58. The van der Waals surface area contributed by atoms with Crippen molar-refractivity contribution in [3.05, 3.63) is 40.3 Å². The summed E-state index contributed by atoms with van der Waals surface area (Å²) >= 11 is 1.95. The van der Waals surface area contributed by atoms with Gasteiger partial charge >= 0.3 is 0 Å². The number of piperidine rings is 1. The molecular formula is C19H27N3OS. The van der Waals surface area contributed by atoms with E-state index in [4.69, 9.17) is 4.74 Å². The second-order valence-corrected chi connectivity index (χ2v) is 8.28. The summed E-state index contributed by atoms with van der Waals surface area (Å²) in [7, 11) is 0. The number of aryl methyl sites for hydroxylation is 1. The molecule has 0 bridgehead atoms. The zero-order valence-electron chi connectivity index (χ0n) is 14.3. The Hall–Kier alpha value is -1.17. The van der Waals surface area contributed by atoms with Crippen molar-refractivity contribution in [2.24, 2.45) is 5.92 Å². The summed E-state index contributed by atoms with van der Waals surface area (Å²) in [6, 6.07) is 6.60. The third-order valence-electron chi connectivity index (χ3n) is 5.34. The molecule has 1 atom stereocenters. The second kappa shape index (κ2) is 7.81. The van der Waals surface area contributed by atoms with E-state index in [-0.39, 0.29) is 0 Å². The van der Waals surface area contributed by atoms with Crippen LogP contribution in [-0.2, 0) is 17.8 Å². The van der Waals surface area contributed by atoms with Gasteiger partial charge in [0.1, 0.15) is 0 Å². The van der Waals surface area contributed by atoms with Gasteiger partial charge in [-0.05, 0) is 69.3 Å². The molecule has 0 N–H and O–H groups in total. The first-order chi connectivity index (χ1) is 11.9. The van der Waals surface area contributed by atoms with Gasteiger partial charge in [-0.3, -0.25) is 9.58 Å². The summed E-state index contributed by atoms with van der Waals surface area (Å²) < 4.78 is 7.86. The Morgan fingerprint density at radius 1 is 1.21 bits per heavy atom. The molecule has 2 saturated heterocycles. The van der Waals surface area contributed by atoms with Gasteiger partial charge in [0, 0.05) is 41.8 Å². The van der Waals surface area contributed by atoms with Crippen molar-refractivity contribution in [2.45, 2.75) is 51.3 Å². The lowest BCUT2D eigenvalue weighted by Crippen LogP contribution is -2.33. The van der Waals surface area contributed by atoms with Crippen LogP contribution in [0.1, 0.15) is 48.0 Å². The molecular weight excluding hydrogens is 318 g/mol. The number of hydrogen-bond acceptors (Lipinski definition) is 4. The van der Waals surface area contributed by atoms with Crippen molar-refractivity contribution in [1.82, 2.24) is 14.7 Å². The molecule has 0 aliphatic carbocycles. The molecule has 0 spiro atoms. The van der Waals surface area contributed by atoms with Crippen LogP contribution < -0.4 is 0 Å². The summed E-state index contributed by atoms with van der Waals surface area (Å²) in [6.07, 6.45) is 10.6. The van der Waals surface area contributed by atoms with Crippen molar-refractivity contribution in [2.75, 3.05) is 19.7 Å². The lowest BCUT2D eigenvalue weighted by molar-refractivity contribution is 0.114. The van der Waals surface area contributed by atoms with Crippen LogP contribution in [0, 0.1) is 5.92 Å². The van der Waals surface area contributed by atoms with E-state index in [9.17, 15) is 0 Å². The van der Waals surface area contributed by atoms with E-state index in [0.717, 1.165) is 25.6 Å². The first-order valence-electron chi connectivity index (χ1n) is 9.27. The van der Waals surface area contributed by atoms with E-state index in [1.807, 2.05) is 23.6 Å². The predicted octanol–water partition coefficient (Wildman–Crippen LogP) is 4.10. The molecule has 2 aliphatic rings. The molecule has 0 radical (unpaired) electrons. The summed E-state index contributed by atoms with van der Waals surface area (Å²) in [5.41, 5.74) is 0. The first kappa shape index (κ1) is 16.3. The minimum Gasteiger partial charge on any atom is -0.373 e. The highest BCUT2D eigenvalue weighted by Crippen LogP contribution is 2.34. The summed E-state index contributed by atoms with van der Waals surface area (Å²) in [4.78, 5) is 5.54. The highest BCUT2D eigenvalue weighted by molar-refractivity contribution is 7.12. The van der Waals surface area contributed by atoms with Gasteiger partial charge in [0.05, 0.1) is 6.10 Å². The third kappa shape index (κ3) is 4.08. The molecule has 130 valence electrons. The first-order valence-corrected chi connectivity index (χ1v) is 10.1. The molecule has 2 fully saturated rings. The molecule has 1 unspecified atom stereocenters. The predicted molar refractivity (Wildman–Crippen MR) is 97.1 cm³/mol. The SMILES string of the molecule is c1cnn(CCC2CCN(Cc3ccc(C4CCCO4)s3)CC2)c1. The molecule has 0 amide bonds. The number of likely N-dealkylation sites (tertiary alicyclic amines) is 1. The lowest BCUT2D eigenvalue weighted by atomic mass is 9.93. The lowest BCUT2D eigenvalue weighted by Gasteiger charge is -2.31. The monoisotopic (exact) mass is 345 g/mol. The van der Waals surface area contributed by atoms with E-state index in [2.05, 4.69) is 33.0 Å². The number of thiophene rings is 1. The van der Waals surface area contributed by atoms with E-state index < -0.39 is 0 Å². The van der Waals surface area contributed by atoms with Gasteiger partial charge in [-0.25, -0.2) is 0 Å².